The van der Waals surface area contributed by atoms with Crippen LogP contribution in [0.15, 0.2) is 42.5 Å². The maximum absolute atomic E-state index is 11.9. The molecule has 0 radical (unpaired) electrons. The Bertz CT molecular complexity index is 937. The monoisotopic (exact) mass is 412 g/mol. The van der Waals surface area contributed by atoms with E-state index in [1.807, 2.05) is 26.0 Å². The summed E-state index contributed by atoms with van der Waals surface area (Å²) in [5.41, 5.74) is 3.48. The molecule has 0 saturated heterocycles. The third kappa shape index (κ3) is 7.05. The molecule has 0 fully saturated rings. The van der Waals surface area contributed by atoms with E-state index in [1.165, 1.54) is 19.2 Å². The standard InChI is InChI=1S/C22H24N2O6/c1-14-4-9-18(15(2)12-14)24-20(26)13-30-21(27)11-10-19(25)23-17-7-5-16(6-8-17)22(28)29-3/h4-9,12H,10-11,13H2,1-3H3,(H,23,25)(H,24,26). The number of carbonyl (C=O) groups is 4. The maximum atomic E-state index is 11.9. The van der Waals surface area contributed by atoms with E-state index in [0.29, 0.717) is 16.9 Å². The molecule has 0 aliphatic heterocycles. The average Bonchev–Trinajstić information content (AvgIpc) is 2.72. The Labute approximate surface area is 174 Å². The number of ether oxygens (including phenoxy) is 2. The second-order valence-corrected chi connectivity index (χ2v) is 6.64. The molecule has 0 saturated carbocycles. The summed E-state index contributed by atoms with van der Waals surface area (Å²) in [6.45, 7) is 3.40. The topological polar surface area (TPSA) is 111 Å². The van der Waals surface area contributed by atoms with Crippen molar-refractivity contribution >= 4 is 35.1 Å². The zero-order valence-electron chi connectivity index (χ0n) is 17.1. The molecule has 0 spiro atoms. The van der Waals surface area contributed by atoms with Crippen LogP contribution in [-0.4, -0.2) is 37.5 Å². The fourth-order valence-corrected chi connectivity index (χ4v) is 2.60. The molecule has 8 heteroatoms. The summed E-state index contributed by atoms with van der Waals surface area (Å²) in [5.74, 6) is -1.97. The lowest BCUT2D eigenvalue weighted by Crippen LogP contribution is -2.22. The predicted molar refractivity (Wildman–Crippen MR) is 111 cm³/mol. The van der Waals surface area contributed by atoms with Crippen molar-refractivity contribution in [3.63, 3.8) is 0 Å². The van der Waals surface area contributed by atoms with Crippen LogP contribution < -0.4 is 10.6 Å². The Hall–Kier alpha value is -3.68. The fourth-order valence-electron chi connectivity index (χ4n) is 2.60. The molecule has 0 heterocycles. The molecule has 2 rings (SSSR count). The van der Waals surface area contributed by atoms with Crippen molar-refractivity contribution in [2.24, 2.45) is 0 Å². The van der Waals surface area contributed by atoms with E-state index in [2.05, 4.69) is 15.4 Å². The molecule has 2 aromatic carbocycles. The van der Waals surface area contributed by atoms with Gasteiger partial charge in [-0.15, -0.1) is 0 Å². The number of amides is 2. The molecule has 0 aromatic heterocycles. The van der Waals surface area contributed by atoms with Crippen LogP contribution in [0.25, 0.3) is 0 Å². The van der Waals surface area contributed by atoms with E-state index < -0.39 is 30.4 Å². The third-order valence-electron chi connectivity index (χ3n) is 4.17. The Morgan fingerprint density at radius 1 is 0.867 bits per heavy atom. The van der Waals surface area contributed by atoms with Gasteiger partial charge in [-0.05, 0) is 49.7 Å². The van der Waals surface area contributed by atoms with Gasteiger partial charge in [0.2, 0.25) is 5.91 Å². The number of nitrogens with one attached hydrogen (secondary N) is 2. The van der Waals surface area contributed by atoms with Gasteiger partial charge in [0.25, 0.3) is 5.91 Å². The van der Waals surface area contributed by atoms with Crippen LogP contribution in [0.3, 0.4) is 0 Å². The minimum atomic E-state index is -0.651. The van der Waals surface area contributed by atoms with Crippen LogP contribution in [0.5, 0.6) is 0 Å². The molecule has 158 valence electrons. The number of rotatable bonds is 8. The second kappa shape index (κ2) is 10.8. The number of aryl methyl sites for hydroxylation is 2. The molecule has 2 N–H and O–H groups in total. The van der Waals surface area contributed by atoms with Crippen molar-refractivity contribution in [2.45, 2.75) is 26.7 Å². The summed E-state index contributed by atoms with van der Waals surface area (Å²) in [6.07, 6.45) is -0.265. The van der Waals surface area contributed by atoms with Gasteiger partial charge in [-0.2, -0.15) is 0 Å². The number of esters is 2. The summed E-state index contributed by atoms with van der Waals surface area (Å²) >= 11 is 0. The molecular formula is C22H24N2O6. The smallest absolute Gasteiger partial charge is 0.337 e. The molecule has 2 amide bonds. The lowest BCUT2D eigenvalue weighted by atomic mass is 10.1. The van der Waals surface area contributed by atoms with Crippen molar-refractivity contribution in [1.29, 1.82) is 0 Å². The zero-order valence-corrected chi connectivity index (χ0v) is 17.1. The second-order valence-electron chi connectivity index (χ2n) is 6.64. The summed E-state index contributed by atoms with van der Waals surface area (Å²) in [7, 11) is 1.28. The predicted octanol–water partition coefficient (Wildman–Crippen LogP) is 2.99. The van der Waals surface area contributed by atoms with E-state index >= 15 is 0 Å². The highest BCUT2D eigenvalue weighted by Gasteiger charge is 2.12. The van der Waals surface area contributed by atoms with Crippen molar-refractivity contribution in [2.75, 3.05) is 24.4 Å². The van der Waals surface area contributed by atoms with Gasteiger partial charge in [0.05, 0.1) is 19.1 Å². The molecule has 8 nitrogen and oxygen atoms in total. The number of carbonyl (C=O) groups excluding carboxylic acids is 4. The van der Waals surface area contributed by atoms with Crippen LogP contribution in [-0.2, 0) is 23.9 Å². The van der Waals surface area contributed by atoms with Crippen LogP contribution in [0.1, 0.15) is 34.3 Å². The van der Waals surface area contributed by atoms with E-state index in [0.717, 1.165) is 11.1 Å². The molecule has 0 unspecified atom stereocenters. The number of methoxy groups -OCH3 is 1. The van der Waals surface area contributed by atoms with Crippen molar-refractivity contribution in [3.8, 4) is 0 Å². The van der Waals surface area contributed by atoms with E-state index in [-0.39, 0.29) is 12.8 Å². The normalized spacial score (nSPS) is 10.1. The number of benzene rings is 2. The number of hydrogen-bond donors (Lipinski definition) is 2. The molecule has 0 atom stereocenters. The molecule has 0 bridgehead atoms. The summed E-state index contributed by atoms with van der Waals surface area (Å²) in [6, 6.07) is 11.7. The first-order chi connectivity index (χ1) is 14.3. The molecule has 0 aliphatic carbocycles. The minimum Gasteiger partial charge on any atom is -0.465 e. The fraction of sp³-hybridized carbons (Fsp3) is 0.273. The van der Waals surface area contributed by atoms with E-state index in [1.54, 1.807) is 18.2 Å². The highest BCUT2D eigenvalue weighted by atomic mass is 16.5. The third-order valence-corrected chi connectivity index (χ3v) is 4.17. The Morgan fingerprint density at radius 2 is 1.57 bits per heavy atom. The molecule has 0 aliphatic rings. The zero-order chi connectivity index (χ0) is 22.1. The van der Waals surface area contributed by atoms with Crippen LogP contribution in [0, 0.1) is 13.8 Å². The quantitative estimate of drug-likeness (QED) is 0.645. The Balaban J connectivity index is 1.71. The number of hydrogen-bond acceptors (Lipinski definition) is 6. The van der Waals surface area contributed by atoms with Crippen molar-refractivity contribution < 1.29 is 28.7 Å². The lowest BCUT2D eigenvalue weighted by Gasteiger charge is -2.10. The van der Waals surface area contributed by atoms with Gasteiger partial charge in [-0.3, -0.25) is 14.4 Å². The number of anilines is 2. The van der Waals surface area contributed by atoms with Gasteiger partial charge in [-0.1, -0.05) is 17.7 Å². The van der Waals surface area contributed by atoms with Gasteiger partial charge in [0.15, 0.2) is 6.61 Å². The first-order valence-corrected chi connectivity index (χ1v) is 9.29. The first kappa shape index (κ1) is 22.6. The summed E-state index contributed by atoms with van der Waals surface area (Å²) < 4.78 is 9.51. The average molecular weight is 412 g/mol. The molecule has 2 aromatic rings. The summed E-state index contributed by atoms with van der Waals surface area (Å²) in [4.78, 5) is 47.0. The summed E-state index contributed by atoms with van der Waals surface area (Å²) in [5, 5.41) is 5.29. The van der Waals surface area contributed by atoms with E-state index in [4.69, 9.17) is 4.74 Å². The highest BCUT2D eigenvalue weighted by Crippen LogP contribution is 2.16. The van der Waals surface area contributed by atoms with Gasteiger partial charge in [0.1, 0.15) is 0 Å². The van der Waals surface area contributed by atoms with Crippen molar-refractivity contribution in [3.05, 3.63) is 59.2 Å². The van der Waals surface area contributed by atoms with Crippen LogP contribution >= 0.6 is 0 Å². The SMILES string of the molecule is COC(=O)c1ccc(NC(=O)CCC(=O)OCC(=O)Nc2ccc(C)cc2C)cc1. The van der Waals surface area contributed by atoms with Crippen LogP contribution in [0.2, 0.25) is 0 Å². The van der Waals surface area contributed by atoms with E-state index in [9.17, 15) is 19.2 Å². The van der Waals surface area contributed by atoms with Gasteiger partial charge < -0.3 is 20.1 Å². The largest absolute Gasteiger partial charge is 0.465 e. The van der Waals surface area contributed by atoms with Gasteiger partial charge >= 0.3 is 11.9 Å². The van der Waals surface area contributed by atoms with Crippen molar-refractivity contribution in [1.82, 2.24) is 0 Å². The Kier molecular flexibility index (Phi) is 8.10. The van der Waals surface area contributed by atoms with Gasteiger partial charge in [0, 0.05) is 17.8 Å². The molecular weight excluding hydrogens is 388 g/mol. The lowest BCUT2D eigenvalue weighted by molar-refractivity contribution is -0.147. The minimum absolute atomic E-state index is 0.101. The Morgan fingerprint density at radius 3 is 2.20 bits per heavy atom. The maximum Gasteiger partial charge on any atom is 0.337 e. The molecule has 30 heavy (non-hydrogen) atoms. The van der Waals surface area contributed by atoms with Gasteiger partial charge in [-0.25, -0.2) is 4.79 Å². The van der Waals surface area contributed by atoms with Crippen LogP contribution in [0.4, 0.5) is 11.4 Å². The highest BCUT2D eigenvalue weighted by molar-refractivity contribution is 5.95. The first-order valence-electron chi connectivity index (χ1n) is 9.29.